The highest BCUT2D eigenvalue weighted by Crippen LogP contribution is 2.18. The minimum absolute atomic E-state index is 0.180. The molecule has 0 radical (unpaired) electrons. The zero-order valence-electron chi connectivity index (χ0n) is 12.7. The summed E-state index contributed by atoms with van der Waals surface area (Å²) in [4.78, 5) is 29.0. The molecule has 0 aliphatic heterocycles. The fourth-order valence-electron chi connectivity index (χ4n) is 2.37. The number of ketones is 2. The molecule has 24 heavy (non-hydrogen) atoms. The van der Waals surface area contributed by atoms with Crippen LogP contribution in [0.25, 0.3) is 0 Å². The smallest absolute Gasteiger partial charge is 0.209 e. The largest absolute Gasteiger partial charge is 0.347 e. The van der Waals surface area contributed by atoms with E-state index in [-0.39, 0.29) is 16.7 Å². The van der Waals surface area contributed by atoms with Crippen LogP contribution in [0, 0.1) is 0 Å². The number of halogens is 2. The number of aryl methyl sites for hydroxylation is 1. The van der Waals surface area contributed by atoms with E-state index in [4.69, 9.17) is 23.2 Å². The van der Waals surface area contributed by atoms with Crippen LogP contribution in [-0.4, -0.2) is 21.1 Å². The summed E-state index contributed by atoms with van der Waals surface area (Å²) in [6.45, 7) is 0. The molecule has 0 bridgehead atoms. The van der Waals surface area contributed by atoms with Gasteiger partial charge in [0.2, 0.25) is 5.78 Å². The first-order valence-corrected chi connectivity index (χ1v) is 7.84. The summed E-state index contributed by atoms with van der Waals surface area (Å²) in [5.41, 5.74) is 1.76. The van der Waals surface area contributed by atoms with Gasteiger partial charge in [0.05, 0.1) is 5.69 Å². The number of carbonyl (C=O) groups is 2. The van der Waals surface area contributed by atoms with Crippen molar-refractivity contribution in [2.45, 2.75) is 0 Å². The van der Waals surface area contributed by atoms with Crippen molar-refractivity contribution in [2.24, 2.45) is 7.05 Å². The van der Waals surface area contributed by atoms with Crippen molar-refractivity contribution in [1.29, 1.82) is 0 Å². The Morgan fingerprint density at radius 1 is 0.917 bits per heavy atom. The molecular weight excluding hydrogens is 347 g/mol. The molecule has 0 unspecified atom stereocenters. The average molecular weight is 359 g/mol. The summed E-state index contributed by atoms with van der Waals surface area (Å²) in [5.74, 6) is -0.397. The van der Waals surface area contributed by atoms with E-state index >= 15 is 0 Å². The fourth-order valence-corrected chi connectivity index (χ4v) is 2.67. The summed E-state index contributed by atoms with van der Waals surface area (Å²) in [5, 5.41) is 0.804. The molecule has 6 heteroatoms. The van der Waals surface area contributed by atoms with E-state index in [9.17, 15) is 9.59 Å². The van der Waals surface area contributed by atoms with Crippen LogP contribution < -0.4 is 0 Å². The zero-order valence-corrected chi connectivity index (χ0v) is 14.2. The number of aromatic nitrogens is 2. The van der Waals surface area contributed by atoms with Crippen molar-refractivity contribution >= 4 is 34.8 Å². The Balaban J connectivity index is 1.94. The Hall–Kier alpha value is -2.43. The van der Waals surface area contributed by atoms with Crippen LogP contribution in [0.4, 0.5) is 0 Å². The number of hydrogen-bond donors (Lipinski definition) is 0. The standard InChI is InChI=1S/C18H12Cl2N2O2/c1-22-10-13(17(23)12-6-7-21-16(20)9-12)8-15(22)18(24)11-2-4-14(19)5-3-11/h2-10H,1H3. The Labute approximate surface area is 148 Å². The van der Waals surface area contributed by atoms with Gasteiger partial charge in [0.1, 0.15) is 5.15 Å². The first kappa shape index (κ1) is 16.4. The van der Waals surface area contributed by atoms with Crippen molar-refractivity contribution in [3.05, 3.63) is 87.4 Å². The topological polar surface area (TPSA) is 52.0 Å². The van der Waals surface area contributed by atoms with Gasteiger partial charge in [0.25, 0.3) is 0 Å². The molecule has 3 rings (SSSR count). The number of rotatable bonds is 4. The Morgan fingerprint density at radius 2 is 1.62 bits per heavy atom. The monoisotopic (exact) mass is 358 g/mol. The molecule has 0 amide bonds. The van der Waals surface area contributed by atoms with E-state index in [1.807, 2.05) is 0 Å². The third-order valence-corrected chi connectivity index (χ3v) is 4.05. The normalized spacial score (nSPS) is 10.6. The van der Waals surface area contributed by atoms with Crippen LogP contribution in [0.2, 0.25) is 10.2 Å². The molecule has 0 saturated carbocycles. The minimum Gasteiger partial charge on any atom is -0.347 e. The van der Waals surface area contributed by atoms with Gasteiger partial charge < -0.3 is 4.57 Å². The predicted molar refractivity (Wildman–Crippen MR) is 93.0 cm³/mol. The van der Waals surface area contributed by atoms with Gasteiger partial charge in [-0.2, -0.15) is 0 Å². The molecule has 0 N–H and O–H groups in total. The molecule has 0 fully saturated rings. The van der Waals surface area contributed by atoms with Crippen LogP contribution >= 0.6 is 23.2 Å². The lowest BCUT2D eigenvalue weighted by molar-refractivity contribution is 0.102. The Morgan fingerprint density at radius 3 is 2.29 bits per heavy atom. The maximum Gasteiger partial charge on any atom is 0.209 e. The summed E-state index contributed by atoms with van der Waals surface area (Å²) in [6, 6.07) is 11.3. The molecule has 0 saturated heterocycles. The van der Waals surface area contributed by atoms with Crippen molar-refractivity contribution < 1.29 is 9.59 Å². The van der Waals surface area contributed by atoms with Crippen LogP contribution in [-0.2, 0) is 7.05 Å². The van der Waals surface area contributed by atoms with Gasteiger partial charge >= 0.3 is 0 Å². The van der Waals surface area contributed by atoms with E-state index in [2.05, 4.69) is 4.98 Å². The van der Waals surface area contributed by atoms with Crippen LogP contribution in [0.1, 0.15) is 32.0 Å². The summed E-state index contributed by atoms with van der Waals surface area (Å²) in [7, 11) is 1.72. The van der Waals surface area contributed by atoms with Gasteiger partial charge in [0.15, 0.2) is 5.78 Å². The van der Waals surface area contributed by atoms with Gasteiger partial charge in [-0.3, -0.25) is 9.59 Å². The first-order valence-electron chi connectivity index (χ1n) is 7.08. The molecule has 0 aliphatic rings. The van der Waals surface area contributed by atoms with Gasteiger partial charge in [-0.15, -0.1) is 0 Å². The summed E-state index contributed by atoms with van der Waals surface area (Å²) < 4.78 is 1.63. The SMILES string of the molecule is Cn1cc(C(=O)c2ccnc(Cl)c2)cc1C(=O)c1ccc(Cl)cc1. The second-order valence-electron chi connectivity index (χ2n) is 5.26. The van der Waals surface area contributed by atoms with Crippen molar-refractivity contribution in [1.82, 2.24) is 9.55 Å². The van der Waals surface area contributed by atoms with E-state index < -0.39 is 0 Å². The van der Waals surface area contributed by atoms with E-state index in [1.165, 1.54) is 12.3 Å². The van der Waals surface area contributed by atoms with Gasteiger partial charge in [-0.05, 0) is 42.5 Å². The number of hydrogen-bond acceptors (Lipinski definition) is 3. The third kappa shape index (κ3) is 3.25. The second kappa shape index (κ2) is 6.59. The van der Waals surface area contributed by atoms with E-state index in [0.29, 0.717) is 27.4 Å². The average Bonchev–Trinajstić information content (AvgIpc) is 2.96. The fraction of sp³-hybridized carbons (Fsp3) is 0.0556. The van der Waals surface area contributed by atoms with Crippen LogP contribution in [0.5, 0.6) is 0 Å². The molecule has 1 aromatic carbocycles. The molecule has 2 aromatic heterocycles. The van der Waals surface area contributed by atoms with Gasteiger partial charge in [-0.25, -0.2) is 4.98 Å². The molecule has 120 valence electrons. The molecule has 0 atom stereocenters. The minimum atomic E-state index is -0.218. The van der Waals surface area contributed by atoms with Gasteiger partial charge in [-0.1, -0.05) is 23.2 Å². The molecule has 3 aromatic rings. The number of carbonyl (C=O) groups excluding carboxylic acids is 2. The van der Waals surface area contributed by atoms with Crippen molar-refractivity contribution in [3.8, 4) is 0 Å². The molecular formula is C18H12Cl2N2O2. The molecule has 0 spiro atoms. The Bertz CT molecular complexity index is 930. The summed E-state index contributed by atoms with van der Waals surface area (Å²) >= 11 is 11.7. The van der Waals surface area contributed by atoms with E-state index in [1.54, 1.807) is 54.2 Å². The summed E-state index contributed by atoms with van der Waals surface area (Å²) in [6.07, 6.45) is 3.10. The van der Waals surface area contributed by atoms with Crippen molar-refractivity contribution in [3.63, 3.8) is 0 Å². The maximum atomic E-state index is 12.6. The number of pyridine rings is 1. The molecule has 0 aliphatic carbocycles. The molecule has 2 heterocycles. The highest BCUT2D eigenvalue weighted by atomic mass is 35.5. The number of nitrogens with zero attached hydrogens (tertiary/aromatic N) is 2. The Kier molecular flexibility index (Phi) is 4.51. The number of benzene rings is 1. The third-order valence-electron chi connectivity index (χ3n) is 3.59. The second-order valence-corrected chi connectivity index (χ2v) is 6.08. The lowest BCUT2D eigenvalue weighted by Gasteiger charge is -2.02. The maximum absolute atomic E-state index is 12.6. The predicted octanol–water partition coefficient (Wildman–Crippen LogP) is 4.19. The lowest BCUT2D eigenvalue weighted by Crippen LogP contribution is -2.06. The van der Waals surface area contributed by atoms with E-state index in [0.717, 1.165) is 0 Å². The zero-order chi connectivity index (χ0) is 17.3. The highest BCUT2D eigenvalue weighted by molar-refractivity contribution is 6.30. The van der Waals surface area contributed by atoms with Crippen LogP contribution in [0.3, 0.4) is 0 Å². The lowest BCUT2D eigenvalue weighted by atomic mass is 10.1. The van der Waals surface area contributed by atoms with Gasteiger partial charge in [0, 0.05) is 41.2 Å². The van der Waals surface area contributed by atoms with Crippen molar-refractivity contribution in [2.75, 3.05) is 0 Å². The first-order chi connectivity index (χ1) is 11.5. The van der Waals surface area contributed by atoms with Crippen LogP contribution in [0.15, 0.2) is 54.9 Å². The highest BCUT2D eigenvalue weighted by Gasteiger charge is 2.18. The quantitative estimate of drug-likeness (QED) is 0.519. The molecule has 4 nitrogen and oxygen atoms in total.